The average Bonchev–Trinajstić information content (AvgIpc) is 2.49. The predicted molar refractivity (Wildman–Crippen MR) is 79.8 cm³/mol. The fourth-order valence-electron chi connectivity index (χ4n) is 2.15. The second-order valence-corrected chi connectivity index (χ2v) is 4.53. The molecule has 0 atom stereocenters. The van der Waals surface area contributed by atoms with Crippen molar-refractivity contribution in [3.05, 3.63) is 82.4 Å². The van der Waals surface area contributed by atoms with Crippen molar-refractivity contribution in [1.29, 1.82) is 0 Å². The predicted octanol–water partition coefficient (Wildman–Crippen LogP) is 4.77. The molecule has 0 saturated carbocycles. The number of para-hydroxylation sites is 1. The minimum Gasteiger partial charge on any atom is -0.252 e. The van der Waals surface area contributed by atoms with Gasteiger partial charge in [-0.05, 0) is 23.2 Å². The van der Waals surface area contributed by atoms with Crippen LogP contribution in [0.25, 0.3) is 21.3 Å². The number of benzene rings is 2. The van der Waals surface area contributed by atoms with Crippen LogP contribution in [0.15, 0.2) is 65.8 Å². The molecule has 3 aromatic rings. The van der Waals surface area contributed by atoms with E-state index in [0.29, 0.717) is 5.69 Å². The molecule has 2 aromatic carbocycles. The summed E-state index contributed by atoms with van der Waals surface area (Å²) in [6.45, 7) is 0. The zero-order chi connectivity index (χ0) is 13.8. The molecule has 0 aliphatic rings. The van der Waals surface area contributed by atoms with Crippen LogP contribution in [-0.2, 0) is 6.42 Å². The molecule has 0 unspecified atom stereocenters. The van der Waals surface area contributed by atoms with Crippen molar-refractivity contribution in [3.63, 3.8) is 0 Å². The van der Waals surface area contributed by atoms with Crippen molar-refractivity contribution in [3.8, 4) is 0 Å². The van der Waals surface area contributed by atoms with Gasteiger partial charge in [0.1, 0.15) is 0 Å². The lowest BCUT2D eigenvalue weighted by Gasteiger charge is -2.04. The van der Waals surface area contributed by atoms with Crippen LogP contribution >= 0.6 is 0 Å². The number of azide groups is 1. The highest BCUT2D eigenvalue weighted by Crippen LogP contribution is 2.17. The third kappa shape index (κ3) is 2.60. The second kappa shape index (κ2) is 5.43. The van der Waals surface area contributed by atoms with Gasteiger partial charge in [0.05, 0.1) is 5.52 Å². The molecule has 4 nitrogen and oxygen atoms in total. The first kappa shape index (κ1) is 12.2. The molecule has 96 valence electrons. The van der Waals surface area contributed by atoms with Gasteiger partial charge in [-0.15, -0.1) is 0 Å². The van der Waals surface area contributed by atoms with E-state index in [1.54, 1.807) is 0 Å². The molecule has 0 fully saturated rings. The summed E-state index contributed by atoms with van der Waals surface area (Å²) >= 11 is 0. The third-order valence-electron chi connectivity index (χ3n) is 3.14. The first-order valence-corrected chi connectivity index (χ1v) is 6.34. The Hall–Kier alpha value is -2.84. The number of hydrogen-bond acceptors (Lipinski definition) is 2. The van der Waals surface area contributed by atoms with E-state index < -0.39 is 0 Å². The normalized spacial score (nSPS) is 10.2. The Kier molecular flexibility index (Phi) is 3.31. The molecule has 0 spiro atoms. The van der Waals surface area contributed by atoms with Crippen molar-refractivity contribution in [2.24, 2.45) is 5.11 Å². The Morgan fingerprint density at radius 2 is 1.75 bits per heavy atom. The van der Waals surface area contributed by atoms with E-state index in [2.05, 4.69) is 27.1 Å². The lowest BCUT2D eigenvalue weighted by molar-refractivity contribution is 1.10. The van der Waals surface area contributed by atoms with Crippen LogP contribution in [0.1, 0.15) is 11.3 Å². The molecule has 0 N–H and O–H groups in total. The van der Waals surface area contributed by atoms with Crippen LogP contribution < -0.4 is 0 Å². The van der Waals surface area contributed by atoms with Gasteiger partial charge < -0.3 is 0 Å². The van der Waals surface area contributed by atoms with Gasteiger partial charge in [-0.2, -0.15) is 0 Å². The van der Waals surface area contributed by atoms with E-state index >= 15 is 0 Å². The van der Waals surface area contributed by atoms with Crippen molar-refractivity contribution in [1.82, 2.24) is 4.98 Å². The maximum atomic E-state index is 8.37. The Morgan fingerprint density at radius 1 is 0.950 bits per heavy atom. The highest BCUT2D eigenvalue weighted by Gasteiger charge is 2.00. The van der Waals surface area contributed by atoms with Gasteiger partial charge in [-0.3, -0.25) is 4.98 Å². The van der Waals surface area contributed by atoms with Crippen LogP contribution in [-0.4, -0.2) is 4.98 Å². The van der Waals surface area contributed by atoms with Crippen LogP contribution in [0, 0.1) is 0 Å². The van der Waals surface area contributed by atoms with Gasteiger partial charge >= 0.3 is 0 Å². The summed E-state index contributed by atoms with van der Waals surface area (Å²) < 4.78 is 0. The summed E-state index contributed by atoms with van der Waals surface area (Å²) in [6.07, 6.45) is 0.765. The first-order chi connectivity index (χ1) is 9.85. The lowest BCUT2D eigenvalue weighted by atomic mass is 10.1. The molecule has 1 aromatic heterocycles. The smallest absolute Gasteiger partial charge is 0.0705 e. The van der Waals surface area contributed by atoms with Crippen LogP contribution in [0.2, 0.25) is 0 Å². The van der Waals surface area contributed by atoms with Crippen molar-refractivity contribution >= 4 is 16.6 Å². The largest absolute Gasteiger partial charge is 0.252 e. The minimum absolute atomic E-state index is 0.628. The fourth-order valence-corrected chi connectivity index (χ4v) is 2.15. The highest BCUT2D eigenvalue weighted by atomic mass is 15.1. The quantitative estimate of drug-likeness (QED) is 0.380. The zero-order valence-corrected chi connectivity index (χ0v) is 10.8. The highest BCUT2D eigenvalue weighted by molar-refractivity contribution is 5.78. The molecule has 0 aliphatic heterocycles. The van der Waals surface area contributed by atoms with E-state index in [9.17, 15) is 0 Å². The summed E-state index contributed by atoms with van der Waals surface area (Å²) in [5.74, 6) is 0. The molecular weight excluding hydrogens is 248 g/mol. The number of rotatable bonds is 3. The second-order valence-electron chi connectivity index (χ2n) is 4.53. The van der Waals surface area contributed by atoms with E-state index in [4.69, 9.17) is 5.53 Å². The lowest BCUT2D eigenvalue weighted by Crippen LogP contribution is -1.92. The summed E-state index contributed by atoms with van der Waals surface area (Å²) in [7, 11) is 0. The molecule has 20 heavy (non-hydrogen) atoms. The Labute approximate surface area is 116 Å². The molecule has 0 saturated heterocycles. The molecular formula is C16H12N4. The van der Waals surface area contributed by atoms with Gasteiger partial charge in [0.2, 0.25) is 0 Å². The van der Waals surface area contributed by atoms with Crippen molar-refractivity contribution in [2.45, 2.75) is 6.42 Å². The van der Waals surface area contributed by atoms with Gasteiger partial charge in [0.15, 0.2) is 0 Å². The van der Waals surface area contributed by atoms with Crippen LogP contribution in [0.3, 0.4) is 0 Å². The maximum absolute atomic E-state index is 8.37. The van der Waals surface area contributed by atoms with E-state index in [-0.39, 0.29) is 0 Å². The van der Waals surface area contributed by atoms with Gasteiger partial charge in [0, 0.05) is 28.1 Å². The summed E-state index contributed by atoms with van der Waals surface area (Å²) in [5.41, 5.74) is 12.2. The zero-order valence-electron chi connectivity index (χ0n) is 10.8. The fraction of sp³-hybridized carbons (Fsp3) is 0.0625. The number of aromatic nitrogens is 1. The number of pyridine rings is 1. The SMILES string of the molecule is [N-]=[N+]=Nc1ccc(Cc2ccc3ccccc3n2)cc1. The Morgan fingerprint density at radius 3 is 2.55 bits per heavy atom. The maximum Gasteiger partial charge on any atom is 0.0705 e. The monoisotopic (exact) mass is 260 g/mol. The topological polar surface area (TPSA) is 61.7 Å². The van der Waals surface area contributed by atoms with E-state index in [1.807, 2.05) is 48.5 Å². The van der Waals surface area contributed by atoms with Gasteiger partial charge in [-0.1, -0.05) is 53.6 Å². The van der Waals surface area contributed by atoms with Crippen LogP contribution in [0.5, 0.6) is 0 Å². The molecule has 1 heterocycles. The number of fused-ring (bicyclic) bond motifs is 1. The Bertz CT molecular complexity index is 787. The first-order valence-electron chi connectivity index (χ1n) is 6.34. The molecule has 3 rings (SSSR count). The van der Waals surface area contributed by atoms with Crippen LogP contribution in [0.4, 0.5) is 5.69 Å². The van der Waals surface area contributed by atoms with Gasteiger partial charge in [-0.25, -0.2) is 0 Å². The summed E-state index contributed by atoms with van der Waals surface area (Å²) in [6, 6.07) is 19.8. The number of nitrogens with zero attached hydrogens (tertiary/aromatic N) is 4. The molecule has 4 heteroatoms. The van der Waals surface area contributed by atoms with Crippen molar-refractivity contribution in [2.75, 3.05) is 0 Å². The summed E-state index contributed by atoms with van der Waals surface area (Å²) in [4.78, 5) is 7.41. The van der Waals surface area contributed by atoms with E-state index in [0.717, 1.165) is 28.6 Å². The minimum atomic E-state index is 0.628. The molecule has 0 aliphatic carbocycles. The molecule has 0 radical (unpaired) electrons. The Balaban J connectivity index is 1.86. The standard InChI is InChI=1S/C16H12N4/c17-20-19-14-8-5-12(6-9-14)11-15-10-7-13-3-1-2-4-16(13)18-15/h1-10H,11H2. The molecule has 0 amide bonds. The third-order valence-corrected chi connectivity index (χ3v) is 3.14. The molecule has 0 bridgehead atoms. The summed E-state index contributed by atoms with van der Waals surface area (Å²) in [5, 5.41) is 4.71. The average molecular weight is 260 g/mol. The van der Waals surface area contributed by atoms with Crippen molar-refractivity contribution < 1.29 is 0 Å². The van der Waals surface area contributed by atoms with Gasteiger partial charge in [0.25, 0.3) is 0 Å². The van der Waals surface area contributed by atoms with E-state index in [1.165, 1.54) is 0 Å². The number of hydrogen-bond donors (Lipinski definition) is 0.